The highest BCUT2D eigenvalue weighted by atomic mass is 16.5. The number of aromatic nitrogens is 2. The molecule has 0 bridgehead atoms. The number of amides is 2. The second-order valence-electron chi connectivity index (χ2n) is 6.61. The molecule has 1 aliphatic heterocycles. The van der Waals surface area contributed by atoms with Gasteiger partial charge in [-0.1, -0.05) is 53.7 Å². The molecule has 1 aliphatic rings. The molecule has 1 fully saturated rings. The van der Waals surface area contributed by atoms with Crippen LogP contribution >= 0.6 is 0 Å². The lowest BCUT2D eigenvalue weighted by Gasteiger charge is -2.31. The van der Waals surface area contributed by atoms with Crippen LogP contribution in [0.5, 0.6) is 0 Å². The van der Waals surface area contributed by atoms with Crippen LogP contribution in [0.4, 0.5) is 0 Å². The molecule has 0 unspecified atom stereocenters. The van der Waals surface area contributed by atoms with E-state index in [1.807, 2.05) is 60.7 Å². The molecule has 2 N–H and O–H groups in total. The van der Waals surface area contributed by atoms with Crippen molar-refractivity contribution < 1.29 is 18.8 Å². The van der Waals surface area contributed by atoms with E-state index in [-0.39, 0.29) is 18.4 Å². The Labute approximate surface area is 167 Å². The Balaban J connectivity index is 1.35. The van der Waals surface area contributed by atoms with Crippen LogP contribution in [-0.4, -0.2) is 41.2 Å². The molecule has 0 aliphatic carbocycles. The van der Waals surface area contributed by atoms with Gasteiger partial charge in [-0.2, -0.15) is 4.98 Å². The van der Waals surface area contributed by atoms with Gasteiger partial charge in [0, 0.05) is 18.5 Å². The zero-order valence-electron chi connectivity index (χ0n) is 15.6. The lowest BCUT2D eigenvalue weighted by atomic mass is 9.99. The standard InChI is InChI=1S/C21H20N4O4/c26-17-13-28-19(18(24-17)14-7-3-1-4-8-14)20(27)22-12-11-16-23-21(29-25-16)15-9-5-2-6-10-15/h1-10,18-19H,11-13H2,(H,22,27)(H,24,26)/t18-,19+/m1/s1. The maximum atomic E-state index is 12.7. The number of rotatable bonds is 6. The number of morpholine rings is 1. The summed E-state index contributed by atoms with van der Waals surface area (Å²) >= 11 is 0. The lowest BCUT2D eigenvalue weighted by molar-refractivity contribution is -0.148. The van der Waals surface area contributed by atoms with Gasteiger partial charge >= 0.3 is 0 Å². The smallest absolute Gasteiger partial charge is 0.257 e. The molecular weight excluding hydrogens is 372 g/mol. The van der Waals surface area contributed by atoms with Gasteiger partial charge in [0.1, 0.15) is 6.61 Å². The number of benzene rings is 2. The first kappa shape index (κ1) is 18.8. The molecular formula is C21H20N4O4. The molecule has 2 aromatic carbocycles. The number of nitrogens with zero attached hydrogens (tertiary/aromatic N) is 2. The van der Waals surface area contributed by atoms with Crippen molar-refractivity contribution >= 4 is 11.8 Å². The highest BCUT2D eigenvalue weighted by molar-refractivity contribution is 5.86. The van der Waals surface area contributed by atoms with Gasteiger partial charge < -0.3 is 19.9 Å². The fourth-order valence-corrected chi connectivity index (χ4v) is 3.15. The number of hydrogen-bond acceptors (Lipinski definition) is 6. The molecule has 2 atom stereocenters. The third-order valence-corrected chi connectivity index (χ3v) is 4.57. The van der Waals surface area contributed by atoms with Crippen molar-refractivity contribution in [2.75, 3.05) is 13.2 Å². The van der Waals surface area contributed by atoms with Crippen LogP contribution in [0.15, 0.2) is 65.2 Å². The number of hydrogen-bond donors (Lipinski definition) is 2. The van der Waals surface area contributed by atoms with Gasteiger partial charge in [-0.3, -0.25) is 9.59 Å². The molecule has 148 valence electrons. The van der Waals surface area contributed by atoms with Crippen LogP contribution in [0.1, 0.15) is 17.4 Å². The van der Waals surface area contributed by atoms with Crippen LogP contribution in [0.3, 0.4) is 0 Å². The summed E-state index contributed by atoms with van der Waals surface area (Å²) in [5.41, 5.74) is 1.65. The first-order valence-electron chi connectivity index (χ1n) is 9.32. The number of nitrogens with one attached hydrogen (secondary N) is 2. The third-order valence-electron chi connectivity index (χ3n) is 4.57. The van der Waals surface area contributed by atoms with Crippen molar-refractivity contribution in [3.8, 4) is 11.5 Å². The SMILES string of the molecule is O=C1CO[C@H](C(=O)NCCc2noc(-c3ccccc3)n2)[C@@H](c2ccccc2)N1. The molecule has 1 saturated heterocycles. The van der Waals surface area contributed by atoms with Gasteiger partial charge in [-0.25, -0.2) is 0 Å². The van der Waals surface area contributed by atoms with E-state index in [9.17, 15) is 9.59 Å². The Morgan fingerprint density at radius 3 is 2.59 bits per heavy atom. The first-order valence-corrected chi connectivity index (χ1v) is 9.32. The minimum Gasteiger partial charge on any atom is -0.356 e. The summed E-state index contributed by atoms with van der Waals surface area (Å²) in [5.74, 6) is 0.393. The molecule has 0 radical (unpaired) electrons. The predicted octanol–water partition coefficient (Wildman–Crippen LogP) is 1.65. The van der Waals surface area contributed by atoms with Gasteiger partial charge in [0.15, 0.2) is 11.9 Å². The second kappa shape index (κ2) is 8.66. The predicted molar refractivity (Wildman–Crippen MR) is 104 cm³/mol. The maximum absolute atomic E-state index is 12.7. The third kappa shape index (κ3) is 4.49. The van der Waals surface area contributed by atoms with Crippen molar-refractivity contribution in [2.24, 2.45) is 0 Å². The number of carbonyl (C=O) groups is 2. The molecule has 29 heavy (non-hydrogen) atoms. The average molecular weight is 392 g/mol. The average Bonchev–Trinajstić information content (AvgIpc) is 3.24. The fraction of sp³-hybridized carbons (Fsp3) is 0.238. The first-order chi connectivity index (χ1) is 14.2. The van der Waals surface area contributed by atoms with Crippen molar-refractivity contribution in [2.45, 2.75) is 18.6 Å². The van der Waals surface area contributed by atoms with Gasteiger partial charge in [0.05, 0.1) is 6.04 Å². The molecule has 4 rings (SSSR count). The van der Waals surface area contributed by atoms with E-state index in [4.69, 9.17) is 9.26 Å². The van der Waals surface area contributed by atoms with E-state index in [2.05, 4.69) is 20.8 Å². The minimum absolute atomic E-state index is 0.146. The largest absolute Gasteiger partial charge is 0.356 e. The molecule has 0 spiro atoms. The Morgan fingerprint density at radius 1 is 1.10 bits per heavy atom. The fourth-order valence-electron chi connectivity index (χ4n) is 3.15. The van der Waals surface area contributed by atoms with Crippen LogP contribution in [0.2, 0.25) is 0 Å². The van der Waals surface area contributed by atoms with Crippen LogP contribution < -0.4 is 10.6 Å². The van der Waals surface area contributed by atoms with Crippen LogP contribution in [0, 0.1) is 0 Å². The van der Waals surface area contributed by atoms with E-state index in [0.717, 1.165) is 11.1 Å². The summed E-state index contributed by atoms with van der Waals surface area (Å²) in [4.78, 5) is 28.7. The number of carbonyl (C=O) groups excluding carboxylic acids is 2. The highest BCUT2D eigenvalue weighted by Crippen LogP contribution is 2.22. The molecule has 2 amide bonds. The molecule has 8 heteroatoms. The Hall–Kier alpha value is -3.52. The summed E-state index contributed by atoms with van der Waals surface area (Å²) in [7, 11) is 0. The Morgan fingerprint density at radius 2 is 1.83 bits per heavy atom. The summed E-state index contributed by atoms with van der Waals surface area (Å²) in [6.45, 7) is 0.175. The molecule has 8 nitrogen and oxygen atoms in total. The van der Waals surface area contributed by atoms with Gasteiger partial charge in [0.2, 0.25) is 5.91 Å². The maximum Gasteiger partial charge on any atom is 0.257 e. The summed E-state index contributed by atoms with van der Waals surface area (Å²) in [6, 6.07) is 18.2. The number of ether oxygens (including phenoxy) is 1. The van der Waals surface area contributed by atoms with Crippen LogP contribution in [-0.2, 0) is 20.7 Å². The van der Waals surface area contributed by atoms with Crippen molar-refractivity contribution in [1.29, 1.82) is 0 Å². The second-order valence-corrected chi connectivity index (χ2v) is 6.61. The van der Waals surface area contributed by atoms with Gasteiger partial charge in [-0.15, -0.1) is 0 Å². The van der Waals surface area contributed by atoms with Gasteiger partial charge in [0.25, 0.3) is 11.8 Å². The molecule has 0 saturated carbocycles. The van der Waals surface area contributed by atoms with Gasteiger partial charge in [-0.05, 0) is 17.7 Å². The zero-order valence-corrected chi connectivity index (χ0v) is 15.6. The molecule has 3 aromatic rings. The van der Waals surface area contributed by atoms with Crippen molar-refractivity contribution in [3.63, 3.8) is 0 Å². The van der Waals surface area contributed by atoms with E-state index in [1.165, 1.54) is 0 Å². The summed E-state index contributed by atoms with van der Waals surface area (Å²) in [6.07, 6.45) is -0.391. The lowest BCUT2D eigenvalue weighted by Crippen LogP contribution is -2.52. The van der Waals surface area contributed by atoms with Crippen molar-refractivity contribution in [3.05, 3.63) is 72.1 Å². The quantitative estimate of drug-likeness (QED) is 0.661. The molecule has 1 aromatic heterocycles. The minimum atomic E-state index is -0.805. The van der Waals surface area contributed by atoms with Crippen LogP contribution in [0.25, 0.3) is 11.5 Å². The summed E-state index contributed by atoms with van der Waals surface area (Å²) < 4.78 is 10.8. The van der Waals surface area contributed by atoms with E-state index in [1.54, 1.807) is 0 Å². The van der Waals surface area contributed by atoms with E-state index >= 15 is 0 Å². The zero-order chi connectivity index (χ0) is 20.1. The Kier molecular flexibility index (Phi) is 5.62. The summed E-state index contributed by atoms with van der Waals surface area (Å²) in [5, 5.41) is 9.61. The Bertz CT molecular complexity index is 975. The normalized spacial score (nSPS) is 18.8. The monoisotopic (exact) mass is 392 g/mol. The van der Waals surface area contributed by atoms with E-state index in [0.29, 0.717) is 24.7 Å². The van der Waals surface area contributed by atoms with Crippen molar-refractivity contribution in [1.82, 2.24) is 20.8 Å². The highest BCUT2D eigenvalue weighted by Gasteiger charge is 2.35. The topological polar surface area (TPSA) is 106 Å². The van der Waals surface area contributed by atoms with E-state index < -0.39 is 12.1 Å². The molecule has 2 heterocycles.